The van der Waals surface area contributed by atoms with Crippen LogP contribution in [0.5, 0.6) is 0 Å². The van der Waals surface area contributed by atoms with E-state index in [-0.39, 0.29) is 43.1 Å². The molecule has 10 heteroatoms. The second-order valence-corrected chi connectivity index (χ2v) is 11.2. The number of rotatable bonds is 4. The van der Waals surface area contributed by atoms with E-state index in [0.717, 1.165) is 10.9 Å². The van der Waals surface area contributed by atoms with Crippen LogP contribution in [0.1, 0.15) is 23.1 Å². The lowest BCUT2D eigenvalue weighted by atomic mass is 10.0. The number of halogens is 2. The number of sulfone groups is 1. The summed E-state index contributed by atoms with van der Waals surface area (Å²) in [5.74, 6) is -2.24. The summed E-state index contributed by atoms with van der Waals surface area (Å²) in [4.78, 5) is 11.1. The Balaban J connectivity index is 1.51. The van der Waals surface area contributed by atoms with Gasteiger partial charge < -0.3 is 16.0 Å². The molecule has 0 unspecified atom stereocenters. The van der Waals surface area contributed by atoms with E-state index in [9.17, 15) is 17.2 Å². The number of nitrogens with zero attached hydrogens (tertiary/aromatic N) is 3. The molecule has 0 aliphatic carbocycles. The maximum Gasteiger partial charge on any atom is 0.275 e. The Kier molecular flexibility index (Phi) is 5.06. The Morgan fingerprint density at radius 1 is 1.15 bits per heavy atom. The molecule has 0 radical (unpaired) electrons. The third-order valence-corrected chi connectivity index (χ3v) is 8.24. The third kappa shape index (κ3) is 4.24. The van der Waals surface area contributed by atoms with E-state index in [1.165, 1.54) is 6.07 Å². The van der Waals surface area contributed by atoms with Crippen molar-refractivity contribution in [1.29, 1.82) is 0 Å². The van der Waals surface area contributed by atoms with Gasteiger partial charge in [-0.15, -0.1) is 0 Å². The Bertz CT molecular complexity index is 1330. The van der Waals surface area contributed by atoms with Gasteiger partial charge in [0.15, 0.2) is 9.84 Å². The first-order valence-corrected chi connectivity index (χ1v) is 12.6. The topological polar surface area (TPSA) is 101 Å². The summed E-state index contributed by atoms with van der Waals surface area (Å²) in [6.07, 6.45) is -0.341. The van der Waals surface area contributed by atoms with E-state index in [1.807, 2.05) is 25.1 Å². The summed E-state index contributed by atoms with van der Waals surface area (Å²) >= 11 is 0. The molecule has 3 heterocycles. The van der Waals surface area contributed by atoms with Crippen LogP contribution in [0.2, 0.25) is 0 Å². The molecule has 0 bridgehead atoms. The fourth-order valence-corrected chi connectivity index (χ4v) is 6.45. The van der Waals surface area contributed by atoms with Crippen LogP contribution in [0.4, 0.5) is 20.5 Å². The molecule has 3 N–H and O–H groups in total. The summed E-state index contributed by atoms with van der Waals surface area (Å²) < 4.78 is 52.7. The molecule has 2 aliphatic heterocycles. The number of alkyl halides is 2. The van der Waals surface area contributed by atoms with Gasteiger partial charge in [0.1, 0.15) is 5.82 Å². The zero-order valence-corrected chi connectivity index (χ0v) is 19.0. The fraction of sp³-hybridized carbons (Fsp3) is 0.391. The van der Waals surface area contributed by atoms with E-state index in [2.05, 4.69) is 15.3 Å². The van der Waals surface area contributed by atoms with Crippen LogP contribution in [0, 0.1) is 6.92 Å². The lowest BCUT2D eigenvalue weighted by molar-refractivity contribution is -0.00969. The largest absolute Gasteiger partial charge is 0.367 e. The van der Waals surface area contributed by atoms with Gasteiger partial charge in [-0.1, -0.05) is 35.9 Å². The van der Waals surface area contributed by atoms with Gasteiger partial charge in [-0.2, -0.15) is 4.98 Å². The molecule has 2 aromatic carbocycles. The van der Waals surface area contributed by atoms with Gasteiger partial charge >= 0.3 is 0 Å². The van der Waals surface area contributed by atoms with Crippen LogP contribution in [-0.4, -0.2) is 48.5 Å². The van der Waals surface area contributed by atoms with Gasteiger partial charge in [0.25, 0.3) is 5.92 Å². The maximum absolute atomic E-state index is 14.7. The zero-order valence-electron chi connectivity index (χ0n) is 18.2. The quantitative estimate of drug-likeness (QED) is 0.601. The van der Waals surface area contributed by atoms with Crippen molar-refractivity contribution >= 4 is 32.5 Å². The van der Waals surface area contributed by atoms with Crippen molar-refractivity contribution in [3.8, 4) is 0 Å². The third-order valence-electron chi connectivity index (χ3n) is 6.21. The van der Waals surface area contributed by atoms with E-state index < -0.39 is 21.3 Å². The first kappa shape index (κ1) is 22.0. The van der Waals surface area contributed by atoms with Gasteiger partial charge in [0.05, 0.1) is 22.6 Å². The number of benzene rings is 2. The molecular formula is C23H25F2N5O2S. The molecule has 0 spiro atoms. The minimum Gasteiger partial charge on any atom is -0.367 e. The van der Waals surface area contributed by atoms with Crippen LogP contribution < -0.4 is 16.0 Å². The van der Waals surface area contributed by atoms with Crippen LogP contribution in [0.15, 0.2) is 42.5 Å². The van der Waals surface area contributed by atoms with Gasteiger partial charge in [-0.3, -0.25) is 0 Å². The van der Waals surface area contributed by atoms with Crippen molar-refractivity contribution in [3.63, 3.8) is 0 Å². The van der Waals surface area contributed by atoms with Crippen LogP contribution in [0.3, 0.4) is 0 Å². The minimum absolute atomic E-state index is 0.0403. The van der Waals surface area contributed by atoms with E-state index >= 15 is 0 Å². The minimum atomic E-state index is -3.09. The zero-order chi connectivity index (χ0) is 23.4. The Labute approximate surface area is 190 Å². The predicted molar refractivity (Wildman–Crippen MR) is 124 cm³/mol. The summed E-state index contributed by atoms with van der Waals surface area (Å²) in [7, 11) is -3.09. The average Bonchev–Trinajstić information content (AvgIpc) is 2.87. The summed E-state index contributed by atoms with van der Waals surface area (Å²) in [6.45, 7) is 2.54. The molecule has 2 aliphatic rings. The maximum atomic E-state index is 14.7. The first-order chi connectivity index (χ1) is 15.5. The molecule has 0 amide bonds. The number of fused-ring (bicyclic) bond motifs is 2. The summed E-state index contributed by atoms with van der Waals surface area (Å²) in [5.41, 5.74) is 7.62. The molecule has 0 atom stereocenters. The molecule has 174 valence electrons. The van der Waals surface area contributed by atoms with Crippen molar-refractivity contribution in [3.05, 3.63) is 59.2 Å². The molecule has 33 heavy (non-hydrogen) atoms. The Morgan fingerprint density at radius 2 is 1.91 bits per heavy atom. The van der Waals surface area contributed by atoms with Crippen molar-refractivity contribution in [2.75, 3.05) is 34.8 Å². The normalized spacial score (nSPS) is 20.5. The Morgan fingerprint density at radius 3 is 2.67 bits per heavy atom. The first-order valence-electron chi connectivity index (χ1n) is 10.8. The van der Waals surface area contributed by atoms with Gasteiger partial charge in [0.2, 0.25) is 5.95 Å². The number of aryl methyl sites for hydroxylation is 1. The number of hydrogen-bond acceptors (Lipinski definition) is 7. The lowest BCUT2D eigenvalue weighted by Crippen LogP contribution is -2.65. The number of nitrogens with one attached hydrogen (secondary N) is 1. The number of hydrogen-bond donors (Lipinski definition) is 2. The van der Waals surface area contributed by atoms with Crippen LogP contribution in [0.25, 0.3) is 10.9 Å². The van der Waals surface area contributed by atoms with Gasteiger partial charge in [-0.05, 0) is 24.6 Å². The van der Waals surface area contributed by atoms with Crippen molar-refractivity contribution in [2.45, 2.75) is 31.4 Å². The Hall–Kier alpha value is -2.85. The molecule has 0 saturated carbocycles. The molecule has 1 fully saturated rings. The summed E-state index contributed by atoms with van der Waals surface area (Å²) in [5, 5.41) is 3.98. The van der Waals surface area contributed by atoms with Crippen molar-refractivity contribution in [1.82, 2.24) is 9.97 Å². The predicted octanol–water partition coefficient (Wildman–Crippen LogP) is 2.98. The van der Waals surface area contributed by atoms with Crippen molar-refractivity contribution in [2.24, 2.45) is 5.73 Å². The van der Waals surface area contributed by atoms with Crippen molar-refractivity contribution < 1.29 is 17.2 Å². The molecule has 1 aromatic heterocycles. The van der Waals surface area contributed by atoms with Gasteiger partial charge in [-0.25, -0.2) is 22.2 Å². The number of anilines is 2. The molecule has 1 saturated heterocycles. The van der Waals surface area contributed by atoms with E-state index in [1.54, 1.807) is 23.1 Å². The fourth-order valence-electron chi connectivity index (χ4n) is 4.58. The highest BCUT2D eigenvalue weighted by atomic mass is 32.2. The lowest BCUT2D eigenvalue weighted by Gasteiger charge is -2.37. The number of aromatic nitrogens is 2. The standard InChI is InChI=1S/C23H25F2N5O2S/c1-15-6-7-19-17(10-15)20(27-12-22(26)13-33(31,32)14-22)29-21(28-19)30-9-8-23(24,25)18-5-3-2-4-16(18)11-30/h2-7,10H,8-9,11-14,26H2,1H3,(H,27,28,29). The van der Waals surface area contributed by atoms with Crippen LogP contribution >= 0.6 is 0 Å². The molecule has 3 aromatic rings. The molecule has 5 rings (SSSR count). The summed E-state index contributed by atoms with van der Waals surface area (Å²) in [6, 6.07) is 12.3. The SMILES string of the molecule is Cc1ccc2nc(N3CCC(F)(F)c4ccccc4C3)nc(NCC3(N)CS(=O)(=O)C3)c2c1. The van der Waals surface area contributed by atoms with E-state index in [4.69, 9.17) is 5.73 Å². The second kappa shape index (κ2) is 7.59. The highest BCUT2D eigenvalue weighted by molar-refractivity contribution is 7.93. The number of nitrogens with two attached hydrogens (primary N) is 1. The van der Waals surface area contributed by atoms with Crippen LogP contribution in [-0.2, 0) is 22.3 Å². The molecular weight excluding hydrogens is 448 g/mol. The van der Waals surface area contributed by atoms with E-state index in [0.29, 0.717) is 22.8 Å². The smallest absolute Gasteiger partial charge is 0.275 e. The monoisotopic (exact) mass is 473 g/mol. The second-order valence-electron chi connectivity index (χ2n) is 9.17. The average molecular weight is 474 g/mol. The highest BCUT2D eigenvalue weighted by Crippen LogP contribution is 2.38. The molecule has 7 nitrogen and oxygen atoms in total. The highest BCUT2D eigenvalue weighted by Gasteiger charge is 2.45. The van der Waals surface area contributed by atoms with Gasteiger partial charge in [0, 0.05) is 37.0 Å².